The van der Waals surface area contributed by atoms with Crippen LogP contribution in [0.25, 0.3) is 0 Å². The maximum atomic E-state index is 10.8. The Balaban J connectivity index is 2.97. The van der Waals surface area contributed by atoms with E-state index in [9.17, 15) is 8.42 Å². The number of anilines is 1. The molecular formula is C7H11NO3S. The molecule has 68 valence electrons. The van der Waals surface area contributed by atoms with E-state index in [0.717, 1.165) is 6.26 Å². The van der Waals surface area contributed by atoms with E-state index in [4.69, 9.17) is 4.42 Å². The van der Waals surface area contributed by atoms with Crippen LogP contribution in [0.5, 0.6) is 0 Å². The van der Waals surface area contributed by atoms with Gasteiger partial charge < -0.3 is 4.42 Å². The van der Waals surface area contributed by atoms with Crippen molar-refractivity contribution in [2.45, 2.75) is 13.8 Å². The van der Waals surface area contributed by atoms with Crippen molar-refractivity contribution in [1.29, 1.82) is 0 Å². The lowest BCUT2D eigenvalue weighted by atomic mass is 10.4. The van der Waals surface area contributed by atoms with E-state index in [-0.39, 0.29) is 0 Å². The van der Waals surface area contributed by atoms with Crippen molar-refractivity contribution >= 4 is 15.7 Å². The average molecular weight is 189 g/mol. The van der Waals surface area contributed by atoms with Crippen molar-refractivity contribution in [1.82, 2.24) is 0 Å². The number of hydrogen-bond donors (Lipinski definition) is 1. The van der Waals surface area contributed by atoms with Crippen LogP contribution in [-0.2, 0) is 10.0 Å². The van der Waals surface area contributed by atoms with E-state index in [2.05, 4.69) is 4.72 Å². The number of furan rings is 1. The molecule has 4 nitrogen and oxygen atoms in total. The van der Waals surface area contributed by atoms with Gasteiger partial charge in [0, 0.05) is 6.07 Å². The van der Waals surface area contributed by atoms with Gasteiger partial charge in [0.2, 0.25) is 10.0 Å². The Bertz CT molecular complexity index is 377. The van der Waals surface area contributed by atoms with Gasteiger partial charge in [0.1, 0.15) is 11.5 Å². The van der Waals surface area contributed by atoms with Crippen molar-refractivity contribution in [3.05, 3.63) is 17.6 Å². The molecule has 0 aromatic carbocycles. The zero-order chi connectivity index (χ0) is 9.35. The van der Waals surface area contributed by atoms with Gasteiger partial charge in [-0.05, 0) is 13.8 Å². The molecule has 1 aromatic rings. The molecule has 0 aliphatic heterocycles. The topological polar surface area (TPSA) is 59.3 Å². The largest absolute Gasteiger partial charge is 0.464 e. The molecule has 12 heavy (non-hydrogen) atoms. The molecule has 1 N–H and O–H groups in total. The quantitative estimate of drug-likeness (QED) is 0.762. The van der Waals surface area contributed by atoms with Gasteiger partial charge in [0.15, 0.2) is 0 Å². The highest BCUT2D eigenvalue weighted by Crippen LogP contribution is 2.19. The molecule has 1 aromatic heterocycles. The number of nitrogens with one attached hydrogen (secondary N) is 1. The minimum Gasteiger partial charge on any atom is -0.464 e. The van der Waals surface area contributed by atoms with E-state index in [1.807, 2.05) is 0 Å². The summed E-state index contributed by atoms with van der Waals surface area (Å²) in [5.74, 6) is 1.27. The van der Waals surface area contributed by atoms with E-state index in [1.165, 1.54) is 0 Å². The summed E-state index contributed by atoms with van der Waals surface area (Å²) in [7, 11) is -3.20. The SMILES string of the molecule is Cc1cc(NS(C)(=O)=O)c(C)o1. The zero-order valence-corrected chi connectivity index (χ0v) is 8.03. The van der Waals surface area contributed by atoms with Crippen LogP contribution in [0.2, 0.25) is 0 Å². The van der Waals surface area contributed by atoms with Gasteiger partial charge >= 0.3 is 0 Å². The Morgan fingerprint density at radius 1 is 1.42 bits per heavy atom. The molecule has 0 atom stereocenters. The van der Waals surface area contributed by atoms with E-state index in [0.29, 0.717) is 17.2 Å². The first-order valence-electron chi connectivity index (χ1n) is 3.43. The lowest BCUT2D eigenvalue weighted by molar-refractivity contribution is 0.505. The second-order valence-corrected chi connectivity index (χ2v) is 4.45. The second kappa shape index (κ2) is 2.82. The Hall–Kier alpha value is -0.970. The van der Waals surface area contributed by atoms with Crippen molar-refractivity contribution in [3.63, 3.8) is 0 Å². The summed E-state index contributed by atoms with van der Waals surface area (Å²) in [5.41, 5.74) is 0.509. The summed E-state index contributed by atoms with van der Waals surface area (Å²) in [6.07, 6.45) is 1.11. The molecule has 1 heterocycles. The molecule has 0 bridgehead atoms. The Morgan fingerprint density at radius 3 is 2.33 bits per heavy atom. The normalized spacial score (nSPS) is 11.6. The molecule has 0 fully saturated rings. The van der Waals surface area contributed by atoms with Gasteiger partial charge in [0.05, 0.1) is 11.9 Å². The average Bonchev–Trinajstić information content (AvgIpc) is 2.06. The van der Waals surface area contributed by atoms with Crippen molar-refractivity contribution < 1.29 is 12.8 Å². The molecule has 0 saturated heterocycles. The van der Waals surface area contributed by atoms with Crippen LogP contribution >= 0.6 is 0 Å². The van der Waals surface area contributed by atoms with Crippen LogP contribution in [0.3, 0.4) is 0 Å². The zero-order valence-electron chi connectivity index (χ0n) is 7.21. The fourth-order valence-electron chi connectivity index (χ4n) is 0.932. The molecular weight excluding hydrogens is 178 g/mol. The Morgan fingerprint density at radius 2 is 2.00 bits per heavy atom. The summed E-state index contributed by atoms with van der Waals surface area (Å²) in [6.45, 7) is 3.47. The van der Waals surface area contributed by atoms with Crippen LogP contribution in [0.1, 0.15) is 11.5 Å². The molecule has 0 unspecified atom stereocenters. The van der Waals surface area contributed by atoms with Gasteiger partial charge in [-0.25, -0.2) is 8.42 Å². The van der Waals surface area contributed by atoms with Crippen LogP contribution in [-0.4, -0.2) is 14.7 Å². The predicted octanol–water partition coefficient (Wildman–Crippen LogP) is 1.27. The van der Waals surface area contributed by atoms with Crippen LogP contribution in [0, 0.1) is 13.8 Å². The van der Waals surface area contributed by atoms with Gasteiger partial charge in [-0.1, -0.05) is 0 Å². The molecule has 0 saturated carbocycles. The van der Waals surface area contributed by atoms with E-state index >= 15 is 0 Å². The van der Waals surface area contributed by atoms with Gasteiger partial charge in [-0.15, -0.1) is 0 Å². The maximum absolute atomic E-state index is 10.8. The summed E-state index contributed by atoms with van der Waals surface area (Å²) in [4.78, 5) is 0. The van der Waals surface area contributed by atoms with Crippen molar-refractivity contribution in [3.8, 4) is 0 Å². The highest BCUT2D eigenvalue weighted by atomic mass is 32.2. The summed E-state index contributed by atoms with van der Waals surface area (Å²) < 4.78 is 29.1. The first-order valence-corrected chi connectivity index (χ1v) is 5.32. The van der Waals surface area contributed by atoms with Gasteiger partial charge in [-0.2, -0.15) is 0 Å². The first-order chi connectivity index (χ1) is 5.38. The van der Waals surface area contributed by atoms with Crippen LogP contribution in [0.15, 0.2) is 10.5 Å². The number of sulfonamides is 1. The van der Waals surface area contributed by atoms with E-state index in [1.54, 1.807) is 19.9 Å². The number of aryl methyl sites for hydroxylation is 2. The van der Waals surface area contributed by atoms with Gasteiger partial charge in [0.25, 0.3) is 0 Å². The minimum atomic E-state index is -3.20. The third-order valence-corrected chi connectivity index (χ3v) is 1.93. The molecule has 0 aliphatic carbocycles. The minimum absolute atomic E-state index is 0.509. The first kappa shape index (κ1) is 9.12. The smallest absolute Gasteiger partial charge is 0.229 e. The fourth-order valence-corrected chi connectivity index (χ4v) is 1.53. The van der Waals surface area contributed by atoms with Crippen molar-refractivity contribution in [2.24, 2.45) is 0 Å². The van der Waals surface area contributed by atoms with E-state index < -0.39 is 10.0 Å². The van der Waals surface area contributed by atoms with Crippen molar-refractivity contribution in [2.75, 3.05) is 11.0 Å². The van der Waals surface area contributed by atoms with Crippen LogP contribution < -0.4 is 4.72 Å². The standard InChI is InChI=1S/C7H11NO3S/c1-5-4-7(6(2)11-5)8-12(3,9)10/h4,8H,1-3H3. The Labute approximate surface area is 71.6 Å². The van der Waals surface area contributed by atoms with Gasteiger partial charge in [-0.3, -0.25) is 4.72 Å². The maximum Gasteiger partial charge on any atom is 0.229 e. The monoisotopic (exact) mass is 189 g/mol. The highest BCUT2D eigenvalue weighted by molar-refractivity contribution is 7.92. The highest BCUT2D eigenvalue weighted by Gasteiger charge is 2.08. The summed E-state index contributed by atoms with van der Waals surface area (Å²) in [6, 6.07) is 1.65. The number of rotatable bonds is 2. The van der Waals surface area contributed by atoms with Crippen LogP contribution in [0.4, 0.5) is 5.69 Å². The predicted molar refractivity (Wildman–Crippen MR) is 46.6 cm³/mol. The molecule has 0 spiro atoms. The Kier molecular flexibility index (Phi) is 2.14. The molecule has 5 heteroatoms. The summed E-state index contributed by atoms with van der Waals surface area (Å²) in [5, 5.41) is 0. The molecule has 1 rings (SSSR count). The molecule has 0 aliphatic rings. The molecule has 0 radical (unpaired) electrons. The molecule has 0 amide bonds. The lowest BCUT2D eigenvalue weighted by Crippen LogP contribution is -2.09. The third-order valence-electron chi connectivity index (χ3n) is 1.34. The summed E-state index contributed by atoms with van der Waals surface area (Å²) >= 11 is 0. The number of hydrogen-bond acceptors (Lipinski definition) is 3. The second-order valence-electron chi connectivity index (χ2n) is 2.70. The lowest BCUT2D eigenvalue weighted by Gasteiger charge is -1.99. The third kappa shape index (κ3) is 2.27. The fraction of sp³-hybridized carbons (Fsp3) is 0.429.